The number of amides is 2. The van der Waals surface area contributed by atoms with E-state index in [9.17, 15) is 4.79 Å². The number of ether oxygens (including phenoxy) is 1. The highest BCUT2D eigenvalue weighted by atomic mass is 16.5. The molecule has 0 aliphatic carbocycles. The highest BCUT2D eigenvalue weighted by molar-refractivity contribution is 6.01. The van der Waals surface area contributed by atoms with Crippen LogP contribution in [0.25, 0.3) is 17.0 Å². The topological polar surface area (TPSA) is 80.5 Å². The number of hydrogen-bond acceptors (Lipinski definition) is 4. The number of fused-ring (bicyclic) bond motifs is 1. The molecule has 0 bridgehead atoms. The molecule has 29 heavy (non-hydrogen) atoms. The Morgan fingerprint density at radius 3 is 2.76 bits per heavy atom. The number of hydrogen-bond donors (Lipinski definition) is 2. The Labute approximate surface area is 168 Å². The van der Waals surface area contributed by atoms with Crippen LogP contribution in [0.2, 0.25) is 0 Å². The molecule has 0 spiro atoms. The van der Waals surface area contributed by atoms with Crippen LogP contribution < -0.4 is 15.4 Å². The van der Waals surface area contributed by atoms with Crippen molar-refractivity contribution in [1.29, 1.82) is 0 Å². The zero-order chi connectivity index (χ0) is 20.2. The largest absolute Gasteiger partial charge is 0.492 e. The summed E-state index contributed by atoms with van der Waals surface area (Å²) in [7, 11) is 0. The minimum absolute atomic E-state index is 0.339. The van der Waals surface area contributed by atoms with Crippen LogP contribution >= 0.6 is 0 Å². The van der Waals surface area contributed by atoms with Crippen LogP contribution in [0.15, 0.2) is 67.1 Å². The fraction of sp³-hybridized carbons (Fsp3) is 0.136. The number of carbonyl (C=O) groups excluding carboxylic acids is 1. The van der Waals surface area contributed by atoms with E-state index in [4.69, 9.17) is 4.74 Å². The van der Waals surface area contributed by atoms with Gasteiger partial charge in [0, 0.05) is 29.8 Å². The van der Waals surface area contributed by atoms with Crippen molar-refractivity contribution in [3.05, 3.63) is 72.7 Å². The van der Waals surface area contributed by atoms with Gasteiger partial charge in [0.15, 0.2) is 0 Å². The molecule has 0 unspecified atom stereocenters. The summed E-state index contributed by atoms with van der Waals surface area (Å²) in [5.41, 5.74) is 3.95. The molecule has 4 aromatic rings. The molecule has 7 heteroatoms. The summed E-state index contributed by atoms with van der Waals surface area (Å²) >= 11 is 0. The first kappa shape index (κ1) is 18.5. The molecule has 2 aromatic carbocycles. The van der Waals surface area contributed by atoms with Gasteiger partial charge in [-0.25, -0.2) is 14.8 Å². The molecular formula is C22H21N5O2. The summed E-state index contributed by atoms with van der Waals surface area (Å²) in [5, 5.41) is 5.76. The van der Waals surface area contributed by atoms with Crippen LogP contribution in [-0.4, -0.2) is 27.0 Å². The first-order valence-corrected chi connectivity index (χ1v) is 9.34. The highest BCUT2D eigenvalue weighted by Gasteiger charge is 2.11. The van der Waals surface area contributed by atoms with Crippen molar-refractivity contribution < 1.29 is 9.53 Å². The Kier molecular flexibility index (Phi) is 5.11. The van der Waals surface area contributed by atoms with E-state index in [0.717, 1.165) is 16.8 Å². The van der Waals surface area contributed by atoms with Crippen molar-refractivity contribution in [2.75, 3.05) is 17.2 Å². The maximum absolute atomic E-state index is 12.6. The van der Waals surface area contributed by atoms with Gasteiger partial charge in [-0.15, -0.1) is 0 Å². The second-order valence-electron chi connectivity index (χ2n) is 6.49. The molecule has 0 radical (unpaired) electrons. The lowest BCUT2D eigenvalue weighted by Crippen LogP contribution is -2.20. The van der Waals surface area contributed by atoms with E-state index in [1.54, 1.807) is 12.3 Å². The normalized spacial score (nSPS) is 10.7. The highest BCUT2D eigenvalue weighted by Crippen LogP contribution is 2.27. The fourth-order valence-corrected chi connectivity index (χ4v) is 3.01. The number of nitrogens with zero attached hydrogens (tertiary/aromatic N) is 3. The molecule has 7 nitrogen and oxygen atoms in total. The van der Waals surface area contributed by atoms with Gasteiger partial charge in [-0.2, -0.15) is 0 Å². The number of rotatable bonds is 5. The number of urea groups is 1. The number of anilines is 2. The predicted octanol–water partition coefficient (Wildman–Crippen LogP) is 4.75. The lowest BCUT2D eigenvalue weighted by Gasteiger charge is -2.13. The van der Waals surface area contributed by atoms with Gasteiger partial charge in [0.05, 0.1) is 18.0 Å². The molecular weight excluding hydrogens is 366 g/mol. The number of carbonyl (C=O) groups is 1. The lowest BCUT2D eigenvalue weighted by atomic mass is 10.1. The average Bonchev–Trinajstić information content (AvgIpc) is 3.15. The molecule has 0 saturated heterocycles. The zero-order valence-corrected chi connectivity index (χ0v) is 16.2. The van der Waals surface area contributed by atoms with Crippen LogP contribution in [0.1, 0.15) is 12.5 Å². The number of para-hydroxylation sites is 2. The van der Waals surface area contributed by atoms with Crippen molar-refractivity contribution in [1.82, 2.24) is 14.4 Å². The SMILES string of the molecule is CCOc1ccccc1NC(=O)Nc1cc(-c2cn3cccnc3n2)ccc1C. The van der Waals surface area contributed by atoms with Crippen molar-refractivity contribution >= 4 is 23.2 Å². The minimum Gasteiger partial charge on any atom is -0.492 e. The van der Waals surface area contributed by atoms with Gasteiger partial charge >= 0.3 is 6.03 Å². The standard InChI is InChI=1S/C22H21N5O2/c1-3-29-20-8-5-4-7-17(20)25-22(28)26-18-13-16(10-9-15(18)2)19-14-27-12-6-11-23-21(27)24-19/h4-14H,3H2,1-2H3,(H2,25,26,28). The quantitative estimate of drug-likeness (QED) is 0.518. The van der Waals surface area contributed by atoms with Crippen molar-refractivity contribution in [2.24, 2.45) is 0 Å². The molecule has 2 aromatic heterocycles. The molecule has 0 aliphatic rings. The number of imidazole rings is 1. The third-order valence-corrected chi connectivity index (χ3v) is 4.45. The third-order valence-electron chi connectivity index (χ3n) is 4.45. The molecule has 0 aliphatic heterocycles. The van der Waals surface area contributed by atoms with Gasteiger partial charge < -0.3 is 15.4 Å². The van der Waals surface area contributed by atoms with Gasteiger partial charge in [-0.05, 0) is 43.7 Å². The lowest BCUT2D eigenvalue weighted by molar-refractivity contribution is 0.262. The van der Waals surface area contributed by atoms with Crippen LogP contribution in [0.5, 0.6) is 5.75 Å². The monoisotopic (exact) mass is 387 g/mol. The molecule has 0 saturated carbocycles. The zero-order valence-electron chi connectivity index (χ0n) is 16.2. The first-order valence-electron chi connectivity index (χ1n) is 9.34. The van der Waals surface area contributed by atoms with E-state index in [-0.39, 0.29) is 6.03 Å². The number of aromatic nitrogens is 3. The Morgan fingerprint density at radius 1 is 1.10 bits per heavy atom. The van der Waals surface area contributed by atoms with E-state index >= 15 is 0 Å². The van der Waals surface area contributed by atoms with Gasteiger partial charge in [0.1, 0.15) is 5.75 Å². The van der Waals surface area contributed by atoms with E-state index in [1.807, 2.05) is 73.1 Å². The summed E-state index contributed by atoms with van der Waals surface area (Å²) in [5.74, 6) is 1.26. The van der Waals surface area contributed by atoms with Crippen molar-refractivity contribution in [2.45, 2.75) is 13.8 Å². The van der Waals surface area contributed by atoms with Gasteiger partial charge in [-0.3, -0.25) is 4.40 Å². The van der Waals surface area contributed by atoms with Crippen LogP contribution in [-0.2, 0) is 0 Å². The molecule has 2 heterocycles. The maximum atomic E-state index is 12.6. The Hall–Kier alpha value is -3.87. The molecule has 2 amide bonds. The van der Waals surface area contributed by atoms with Crippen LogP contribution in [0.3, 0.4) is 0 Å². The summed E-state index contributed by atoms with van der Waals surface area (Å²) in [6.45, 7) is 4.37. The Bertz CT molecular complexity index is 1140. The minimum atomic E-state index is -0.339. The van der Waals surface area contributed by atoms with Crippen molar-refractivity contribution in [3.63, 3.8) is 0 Å². The summed E-state index contributed by atoms with van der Waals surface area (Å²) < 4.78 is 7.42. The van der Waals surface area contributed by atoms with E-state index in [2.05, 4.69) is 20.6 Å². The first-order chi connectivity index (χ1) is 14.1. The van der Waals surface area contributed by atoms with E-state index < -0.39 is 0 Å². The summed E-state index contributed by atoms with van der Waals surface area (Å²) in [4.78, 5) is 21.4. The van der Waals surface area contributed by atoms with Gasteiger partial charge in [0.2, 0.25) is 5.78 Å². The number of nitrogens with one attached hydrogen (secondary N) is 2. The Morgan fingerprint density at radius 2 is 1.93 bits per heavy atom. The number of benzene rings is 2. The van der Waals surface area contributed by atoms with Crippen LogP contribution in [0, 0.1) is 6.92 Å². The number of aryl methyl sites for hydroxylation is 1. The Balaban J connectivity index is 1.56. The second-order valence-corrected chi connectivity index (χ2v) is 6.49. The summed E-state index contributed by atoms with van der Waals surface area (Å²) in [6, 6.07) is 14.7. The molecule has 2 N–H and O–H groups in total. The second kappa shape index (κ2) is 8.02. The molecule has 0 fully saturated rings. The third kappa shape index (κ3) is 4.03. The van der Waals surface area contributed by atoms with Crippen LogP contribution in [0.4, 0.5) is 16.2 Å². The fourth-order valence-electron chi connectivity index (χ4n) is 3.01. The smallest absolute Gasteiger partial charge is 0.323 e. The van der Waals surface area contributed by atoms with E-state index in [1.165, 1.54) is 0 Å². The van der Waals surface area contributed by atoms with E-state index in [0.29, 0.717) is 29.5 Å². The summed E-state index contributed by atoms with van der Waals surface area (Å²) in [6.07, 6.45) is 5.52. The molecule has 0 atom stereocenters. The van der Waals surface area contributed by atoms with Gasteiger partial charge in [0.25, 0.3) is 0 Å². The van der Waals surface area contributed by atoms with Gasteiger partial charge in [-0.1, -0.05) is 24.3 Å². The molecule has 146 valence electrons. The predicted molar refractivity (Wildman–Crippen MR) is 113 cm³/mol. The molecule has 4 rings (SSSR count). The maximum Gasteiger partial charge on any atom is 0.323 e. The average molecular weight is 387 g/mol. The van der Waals surface area contributed by atoms with Crippen molar-refractivity contribution in [3.8, 4) is 17.0 Å².